The van der Waals surface area contributed by atoms with E-state index < -0.39 is 0 Å². The monoisotopic (exact) mass is 303 g/mol. The van der Waals surface area contributed by atoms with Crippen molar-refractivity contribution in [2.45, 2.75) is 37.3 Å². The van der Waals surface area contributed by atoms with E-state index in [2.05, 4.69) is 35.3 Å². The number of benzene rings is 1. The quantitative estimate of drug-likeness (QED) is 0.795. The molecule has 21 heavy (non-hydrogen) atoms. The highest BCUT2D eigenvalue weighted by Gasteiger charge is 2.22. The molecule has 1 amide bonds. The SMILES string of the molecule is Cc1cccc(CSc2nnc(CN3CCCC3=O)o2)c1. The Labute approximate surface area is 127 Å². The molecule has 0 atom stereocenters. The number of nitrogens with zero attached hydrogens (tertiary/aromatic N) is 3. The number of carbonyl (C=O) groups excluding carboxylic acids is 1. The molecule has 6 heteroatoms. The zero-order valence-corrected chi connectivity index (χ0v) is 12.7. The molecule has 5 nitrogen and oxygen atoms in total. The fraction of sp³-hybridized carbons (Fsp3) is 0.400. The number of aromatic nitrogens is 2. The highest BCUT2D eigenvalue weighted by Crippen LogP contribution is 2.23. The molecule has 0 aliphatic carbocycles. The predicted octanol–water partition coefficient (Wildman–Crippen LogP) is 2.79. The summed E-state index contributed by atoms with van der Waals surface area (Å²) in [5.41, 5.74) is 2.47. The van der Waals surface area contributed by atoms with E-state index in [1.165, 1.54) is 22.9 Å². The first-order valence-electron chi connectivity index (χ1n) is 6.99. The van der Waals surface area contributed by atoms with Gasteiger partial charge in [-0.05, 0) is 18.9 Å². The average molecular weight is 303 g/mol. The third kappa shape index (κ3) is 3.64. The summed E-state index contributed by atoms with van der Waals surface area (Å²) in [6.07, 6.45) is 1.55. The molecule has 0 bridgehead atoms. The lowest BCUT2D eigenvalue weighted by atomic mass is 10.2. The largest absolute Gasteiger partial charge is 0.414 e. The van der Waals surface area contributed by atoms with Crippen LogP contribution < -0.4 is 0 Å². The second-order valence-corrected chi connectivity index (χ2v) is 6.08. The van der Waals surface area contributed by atoms with Crippen molar-refractivity contribution in [2.24, 2.45) is 0 Å². The minimum atomic E-state index is 0.169. The summed E-state index contributed by atoms with van der Waals surface area (Å²) in [7, 11) is 0. The summed E-state index contributed by atoms with van der Waals surface area (Å²) in [5.74, 6) is 1.48. The van der Waals surface area contributed by atoms with Crippen molar-refractivity contribution in [2.75, 3.05) is 6.54 Å². The molecule has 110 valence electrons. The average Bonchev–Trinajstić information content (AvgIpc) is 3.07. The Hall–Kier alpha value is -1.82. The van der Waals surface area contributed by atoms with Crippen LogP contribution in [0.3, 0.4) is 0 Å². The molecule has 1 aromatic carbocycles. The van der Waals surface area contributed by atoms with Crippen molar-refractivity contribution in [3.05, 3.63) is 41.3 Å². The lowest BCUT2D eigenvalue weighted by Gasteiger charge is -2.11. The molecular formula is C15H17N3O2S. The molecule has 1 aliphatic heterocycles. The molecule has 1 aliphatic rings. The Balaban J connectivity index is 1.56. The van der Waals surface area contributed by atoms with E-state index in [1.807, 2.05) is 6.07 Å². The first kappa shape index (κ1) is 14.1. The number of likely N-dealkylation sites (tertiary alicyclic amines) is 1. The topological polar surface area (TPSA) is 59.2 Å². The molecule has 0 unspecified atom stereocenters. The van der Waals surface area contributed by atoms with Gasteiger partial charge in [0.1, 0.15) is 0 Å². The summed E-state index contributed by atoms with van der Waals surface area (Å²) >= 11 is 1.52. The lowest BCUT2D eigenvalue weighted by molar-refractivity contribution is -0.128. The van der Waals surface area contributed by atoms with Gasteiger partial charge in [-0.3, -0.25) is 4.79 Å². The van der Waals surface area contributed by atoms with Gasteiger partial charge in [-0.25, -0.2) is 0 Å². The Morgan fingerprint density at radius 2 is 2.29 bits per heavy atom. The van der Waals surface area contributed by atoms with Crippen LogP contribution >= 0.6 is 11.8 Å². The molecule has 3 rings (SSSR count). The molecule has 0 radical (unpaired) electrons. The summed E-state index contributed by atoms with van der Waals surface area (Å²) < 4.78 is 5.59. The molecule has 0 N–H and O–H groups in total. The van der Waals surface area contributed by atoms with E-state index in [-0.39, 0.29) is 5.91 Å². The second-order valence-electron chi connectivity index (χ2n) is 5.16. The summed E-state index contributed by atoms with van der Waals surface area (Å²) in [6, 6.07) is 8.35. The summed E-state index contributed by atoms with van der Waals surface area (Å²) in [6.45, 7) is 3.29. The summed E-state index contributed by atoms with van der Waals surface area (Å²) in [4.78, 5) is 13.3. The molecular weight excluding hydrogens is 286 g/mol. The van der Waals surface area contributed by atoms with Crippen LogP contribution in [0.5, 0.6) is 0 Å². The van der Waals surface area contributed by atoms with Gasteiger partial charge in [0.05, 0.1) is 6.54 Å². The van der Waals surface area contributed by atoms with Crippen LogP contribution in [-0.2, 0) is 17.1 Å². The second kappa shape index (κ2) is 6.30. The minimum absolute atomic E-state index is 0.169. The van der Waals surface area contributed by atoms with Gasteiger partial charge in [-0.15, -0.1) is 10.2 Å². The van der Waals surface area contributed by atoms with Crippen molar-refractivity contribution in [1.29, 1.82) is 0 Å². The van der Waals surface area contributed by atoms with Crippen LogP contribution in [0, 0.1) is 6.92 Å². The van der Waals surface area contributed by atoms with E-state index in [9.17, 15) is 4.79 Å². The van der Waals surface area contributed by atoms with Gasteiger partial charge < -0.3 is 9.32 Å². The maximum Gasteiger partial charge on any atom is 0.276 e. The van der Waals surface area contributed by atoms with Gasteiger partial charge in [-0.1, -0.05) is 41.6 Å². The zero-order valence-electron chi connectivity index (χ0n) is 11.9. The van der Waals surface area contributed by atoms with Gasteiger partial charge >= 0.3 is 0 Å². The standard InChI is InChI=1S/C15H17N3O2S/c1-11-4-2-5-12(8-11)10-21-15-17-16-13(20-15)9-18-7-3-6-14(18)19/h2,4-5,8H,3,6-7,9-10H2,1H3. The molecule has 1 fully saturated rings. The van der Waals surface area contributed by atoms with Crippen molar-refractivity contribution in [3.63, 3.8) is 0 Å². The molecule has 0 spiro atoms. The minimum Gasteiger partial charge on any atom is -0.414 e. The van der Waals surface area contributed by atoms with Gasteiger partial charge in [-0.2, -0.15) is 0 Å². The fourth-order valence-electron chi connectivity index (χ4n) is 2.34. The van der Waals surface area contributed by atoms with Gasteiger partial charge in [0.2, 0.25) is 11.8 Å². The van der Waals surface area contributed by atoms with E-state index >= 15 is 0 Å². The van der Waals surface area contributed by atoms with E-state index in [0.717, 1.165) is 18.7 Å². The molecule has 2 heterocycles. The van der Waals surface area contributed by atoms with Gasteiger partial charge in [0.15, 0.2) is 0 Å². The Morgan fingerprint density at radius 1 is 1.38 bits per heavy atom. The lowest BCUT2D eigenvalue weighted by Crippen LogP contribution is -2.23. The molecule has 2 aromatic rings. The first-order chi connectivity index (χ1) is 10.2. The number of amides is 1. The third-order valence-corrected chi connectivity index (χ3v) is 4.28. The van der Waals surface area contributed by atoms with Crippen molar-refractivity contribution < 1.29 is 9.21 Å². The van der Waals surface area contributed by atoms with Crippen LogP contribution in [-0.4, -0.2) is 27.5 Å². The van der Waals surface area contributed by atoms with E-state index in [0.29, 0.717) is 24.1 Å². The number of rotatable bonds is 5. The van der Waals surface area contributed by atoms with E-state index in [1.54, 1.807) is 4.90 Å². The van der Waals surface area contributed by atoms with Crippen LogP contribution in [0.1, 0.15) is 29.9 Å². The highest BCUT2D eigenvalue weighted by atomic mass is 32.2. The maximum atomic E-state index is 11.6. The van der Waals surface area contributed by atoms with Gasteiger partial charge in [0.25, 0.3) is 5.22 Å². The van der Waals surface area contributed by atoms with Crippen LogP contribution in [0.25, 0.3) is 0 Å². The Kier molecular flexibility index (Phi) is 4.24. The number of hydrogen-bond acceptors (Lipinski definition) is 5. The third-order valence-electron chi connectivity index (χ3n) is 3.39. The molecule has 1 aromatic heterocycles. The van der Waals surface area contributed by atoms with E-state index in [4.69, 9.17) is 4.42 Å². The van der Waals surface area contributed by atoms with Gasteiger partial charge in [0, 0.05) is 18.7 Å². The van der Waals surface area contributed by atoms with Crippen LogP contribution in [0.4, 0.5) is 0 Å². The number of aryl methyl sites for hydroxylation is 1. The Bertz CT molecular complexity index is 641. The number of hydrogen-bond donors (Lipinski definition) is 0. The van der Waals surface area contributed by atoms with Crippen LogP contribution in [0.15, 0.2) is 33.9 Å². The highest BCUT2D eigenvalue weighted by molar-refractivity contribution is 7.98. The normalized spacial score (nSPS) is 14.9. The smallest absolute Gasteiger partial charge is 0.276 e. The maximum absolute atomic E-state index is 11.6. The van der Waals surface area contributed by atoms with Crippen molar-refractivity contribution >= 4 is 17.7 Å². The zero-order chi connectivity index (χ0) is 14.7. The van der Waals surface area contributed by atoms with Crippen LogP contribution in [0.2, 0.25) is 0 Å². The fourth-order valence-corrected chi connectivity index (χ4v) is 3.07. The first-order valence-corrected chi connectivity index (χ1v) is 7.98. The molecule has 0 saturated carbocycles. The number of thioether (sulfide) groups is 1. The van der Waals surface area contributed by atoms with Crippen molar-refractivity contribution in [1.82, 2.24) is 15.1 Å². The summed E-state index contributed by atoms with van der Waals surface area (Å²) in [5, 5.41) is 8.60. The predicted molar refractivity (Wildman–Crippen MR) is 79.7 cm³/mol. The number of carbonyl (C=O) groups is 1. The Morgan fingerprint density at radius 3 is 3.05 bits per heavy atom. The molecule has 1 saturated heterocycles. The van der Waals surface area contributed by atoms with Crippen molar-refractivity contribution in [3.8, 4) is 0 Å².